The van der Waals surface area contributed by atoms with E-state index in [2.05, 4.69) is 47.4 Å². The van der Waals surface area contributed by atoms with E-state index in [9.17, 15) is 0 Å². The molecule has 4 rings (SSSR count). The van der Waals surface area contributed by atoms with Gasteiger partial charge in [-0.3, -0.25) is 4.90 Å². The number of rotatable bonds is 2. The van der Waals surface area contributed by atoms with Gasteiger partial charge < -0.3 is 4.84 Å². The van der Waals surface area contributed by atoms with E-state index in [1.165, 1.54) is 5.30 Å². The van der Waals surface area contributed by atoms with Crippen LogP contribution in [-0.4, -0.2) is 29.4 Å². The van der Waals surface area contributed by atoms with Crippen LogP contribution in [0.4, 0.5) is 0 Å². The fourth-order valence-corrected chi connectivity index (χ4v) is 6.41. The summed E-state index contributed by atoms with van der Waals surface area (Å²) < 4.78 is 0. The molecule has 1 spiro atoms. The second kappa shape index (κ2) is 5.90. The molecule has 1 saturated heterocycles. The molecule has 0 aromatic heterocycles. The number of benzene rings is 2. The summed E-state index contributed by atoms with van der Waals surface area (Å²) in [4.78, 5) is 8.42. The monoisotopic (exact) mass is 344 g/mol. The summed E-state index contributed by atoms with van der Waals surface area (Å²) in [5.74, 6) is 0. The summed E-state index contributed by atoms with van der Waals surface area (Å²) in [6, 6.07) is 18.5. The van der Waals surface area contributed by atoms with E-state index in [4.69, 9.17) is 16.4 Å². The number of oxime groups is 1. The Bertz CT molecular complexity index is 734. The predicted molar refractivity (Wildman–Crippen MR) is 96.7 cm³/mol. The maximum absolute atomic E-state index is 6.09. The van der Waals surface area contributed by atoms with E-state index in [0.29, 0.717) is 0 Å². The molecule has 3 nitrogen and oxygen atoms in total. The van der Waals surface area contributed by atoms with Crippen molar-refractivity contribution in [3.05, 3.63) is 65.2 Å². The summed E-state index contributed by atoms with van der Waals surface area (Å²) >= 11 is 6.04. The Morgan fingerprint density at radius 3 is 2.52 bits per heavy atom. The Morgan fingerprint density at radius 1 is 1.13 bits per heavy atom. The second-order valence-electron chi connectivity index (χ2n) is 5.95. The normalized spacial score (nSPS) is 27.2. The van der Waals surface area contributed by atoms with Gasteiger partial charge in [-0.2, -0.15) is 0 Å². The van der Waals surface area contributed by atoms with Gasteiger partial charge in [0.2, 0.25) is 5.47 Å². The highest BCUT2D eigenvalue weighted by Crippen LogP contribution is 2.61. The lowest BCUT2D eigenvalue weighted by Gasteiger charge is -2.35. The Hall–Kier alpha value is -1.41. The van der Waals surface area contributed by atoms with Gasteiger partial charge in [-0.05, 0) is 30.9 Å². The molecule has 2 heterocycles. The molecule has 23 heavy (non-hydrogen) atoms. The van der Waals surface area contributed by atoms with Gasteiger partial charge in [0.1, 0.15) is 5.45 Å². The van der Waals surface area contributed by atoms with Crippen molar-refractivity contribution in [3.63, 3.8) is 0 Å². The number of likely N-dealkylation sites (tertiary alicyclic amines) is 1. The van der Waals surface area contributed by atoms with Crippen molar-refractivity contribution in [1.29, 1.82) is 0 Å². The van der Waals surface area contributed by atoms with Crippen LogP contribution in [0.3, 0.4) is 0 Å². The van der Waals surface area contributed by atoms with E-state index in [0.717, 1.165) is 35.4 Å². The minimum atomic E-state index is -0.704. The summed E-state index contributed by atoms with van der Waals surface area (Å²) in [5.41, 5.74) is 1.85. The molecule has 2 aliphatic rings. The molecule has 118 valence electrons. The molecular formula is C18H18ClN2OP. The highest BCUT2D eigenvalue weighted by molar-refractivity contribution is 7.83. The van der Waals surface area contributed by atoms with Crippen molar-refractivity contribution in [2.75, 3.05) is 13.6 Å². The Labute approximate surface area is 142 Å². The molecule has 0 radical (unpaired) electrons. The summed E-state index contributed by atoms with van der Waals surface area (Å²) in [5, 5.41) is 6.59. The van der Waals surface area contributed by atoms with Gasteiger partial charge in [0, 0.05) is 31.5 Å². The molecule has 0 saturated carbocycles. The van der Waals surface area contributed by atoms with Crippen LogP contribution in [0.5, 0.6) is 0 Å². The first-order chi connectivity index (χ1) is 11.2. The van der Waals surface area contributed by atoms with Crippen LogP contribution in [0.25, 0.3) is 0 Å². The first-order valence-corrected chi connectivity index (χ1v) is 9.51. The summed E-state index contributed by atoms with van der Waals surface area (Å²) in [6.07, 6.45) is 2.16. The highest BCUT2D eigenvalue weighted by atomic mass is 35.5. The van der Waals surface area contributed by atoms with Gasteiger partial charge in [0.05, 0.1) is 0 Å². The van der Waals surface area contributed by atoms with Crippen LogP contribution < -0.4 is 5.30 Å². The fourth-order valence-electron chi connectivity index (χ4n) is 3.36. The number of nitrogens with zero attached hydrogens (tertiary/aromatic N) is 2. The van der Waals surface area contributed by atoms with Crippen molar-refractivity contribution in [1.82, 2.24) is 4.90 Å². The average molecular weight is 345 g/mol. The second-order valence-corrected chi connectivity index (χ2v) is 8.70. The predicted octanol–water partition coefficient (Wildman–Crippen LogP) is 4.22. The zero-order valence-corrected chi connectivity index (χ0v) is 14.6. The lowest BCUT2D eigenvalue weighted by Crippen LogP contribution is -2.41. The first kappa shape index (κ1) is 15.1. The fraction of sp³-hybridized carbons (Fsp3) is 0.278. The largest absolute Gasteiger partial charge is 0.367 e. The van der Waals surface area contributed by atoms with Crippen LogP contribution in [0.2, 0.25) is 5.02 Å². The van der Waals surface area contributed by atoms with Crippen molar-refractivity contribution in [3.8, 4) is 0 Å². The van der Waals surface area contributed by atoms with Gasteiger partial charge in [-0.15, -0.1) is 0 Å². The third-order valence-electron chi connectivity index (χ3n) is 4.55. The molecule has 0 amide bonds. The maximum atomic E-state index is 6.09. The molecule has 1 fully saturated rings. The third kappa shape index (κ3) is 2.48. The first-order valence-electron chi connectivity index (χ1n) is 7.79. The van der Waals surface area contributed by atoms with E-state index in [-0.39, 0.29) is 5.47 Å². The topological polar surface area (TPSA) is 24.8 Å². The number of halogens is 1. The smallest absolute Gasteiger partial charge is 0.218 e. The standard InChI is InChI=1S/C18H18ClN2OP/c1-21-13-5-12-18(21)22-20-17(14-8-10-15(19)11-9-14)23(18)16-6-3-2-4-7-16/h2-4,6-11H,5,12-13H2,1H3/t18-,23+/m1/s1. The Balaban J connectivity index is 1.81. The third-order valence-corrected chi connectivity index (χ3v) is 7.72. The molecule has 0 bridgehead atoms. The average Bonchev–Trinajstić information content (AvgIpc) is 3.14. The minimum Gasteiger partial charge on any atom is -0.367 e. The molecule has 0 aliphatic carbocycles. The zero-order chi connectivity index (χ0) is 15.9. The molecule has 0 N–H and O–H groups in total. The molecule has 0 unspecified atom stereocenters. The quantitative estimate of drug-likeness (QED) is 0.762. The van der Waals surface area contributed by atoms with Crippen molar-refractivity contribution in [2.24, 2.45) is 5.16 Å². The van der Waals surface area contributed by atoms with Crippen LogP contribution in [0.1, 0.15) is 18.4 Å². The van der Waals surface area contributed by atoms with Gasteiger partial charge >= 0.3 is 0 Å². The van der Waals surface area contributed by atoms with Crippen LogP contribution in [0.15, 0.2) is 59.8 Å². The van der Waals surface area contributed by atoms with Crippen LogP contribution in [0, 0.1) is 0 Å². The molecule has 2 aromatic rings. The van der Waals surface area contributed by atoms with Gasteiger partial charge in [0.25, 0.3) is 0 Å². The lowest BCUT2D eigenvalue weighted by molar-refractivity contribution is -0.0481. The van der Waals surface area contributed by atoms with E-state index < -0.39 is 7.92 Å². The van der Waals surface area contributed by atoms with E-state index in [1.54, 1.807) is 0 Å². The van der Waals surface area contributed by atoms with E-state index in [1.807, 2.05) is 24.3 Å². The number of hydrogen-bond donors (Lipinski definition) is 0. The van der Waals surface area contributed by atoms with Crippen molar-refractivity contribution >= 4 is 30.3 Å². The molecule has 2 aliphatic heterocycles. The summed E-state index contributed by atoms with van der Waals surface area (Å²) in [6.45, 7) is 1.05. The number of hydrogen-bond acceptors (Lipinski definition) is 3. The lowest BCUT2D eigenvalue weighted by atomic mass is 10.2. The summed E-state index contributed by atoms with van der Waals surface area (Å²) in [7, 11) is 1.44. The Kier molecular flexibility index (Phi) is 3.88. The van der Waals surface area contributed by atoms with Gasteiger partial charge in [-0.25, -0.2) is 0 Å². The van der Waals surface area contributed by atoms with Crippen molar-refractivity contribution < 1.29 is 4.84 Å². The van der Waals surface area contributed by atoms with Crippen LogP contribution in [-0.2, 0) is 4.84 Å². The minimum absolute atomic E-state index is 0.300. The molecule has 5 heteroatoms. The van der Waals surface area contributed by atoms with Gasteiger partial charge in [-0.1, -0.05) is 59.2 Å². The van der Waals surface area contributed by atoms with Crippen LogP contribution >= 0.6 is 19.5 Å². The van der Waals surface area contributed by atoms with Crippen molar-refractivity contribution in [2.45, 2.75) is 18.3 Å². The SMILES string of the molecule is CN1CCC[C@]12ON=C(c1ccc(Cl)cc1)[P@]2c1ccccc1. The zero-order valence-electron chi connectivity index (χ0n) is 12.9. The van der Waals surface area contributed by atoms with Gasteiger partial charge in [0.15, 0.2) is 0 Å². The molecule has 2 aromatic carbocycles. The Morgan fingerprint density at radius 2 is 1.87 bits per heavy atom. The molecular weight excluding hydrogens is 327 g/mol. The highest BCUT2D eigenvalue weighted by Gasteiger charge is 2.55. The molecule has 2 atom stereocenters. The van der Waals surface area contributed by atoms with E-state index >= 15 is 0 Å². The maximum Gasteiger partial charge on any atom is 0.218 e.